The Morgan fingerprint density at radius 1 is 1.50 bits per heavy atom. The monoisotopic (exact) mass is 281 g/mol. The Kier molecular flexibility index (Phi) is 4.59. The Labute approximate surface area is 119 Å². The zero-order valence-corrected chi connectivity index (χ0v) is 12.4. The molecule has 112 valence electrons. The van der Waals surface area contributed by atoms with E-state index in [-0.39, 0.29) is 10.6 Å². The van der Waals surface area contributed by atoms with Gasteiger partial charge in [0.05, 0.1) is 4.92 Å². The predicted molar refractivity (Wildman–Crippen MR) is 78.2 cm³/mol. The Balaban J connectivity index is 2.36. The summed E-state index contributed by atoms with van der Waals surface area (Å²) in [5.41, 5.74) is 0.636. The highest BCUT2D eigenvalue weighted by molar-refractivity contribution is 5.61. The first-order chi connectivity index (χ1) is 9.56. The van der Waals surface area contributed by atoms with Gasteiger partial charge in [0.25, 0.3) is 0 Å². The summed E-state index contributed by atoms with van der Waals surface area (Å²) < 4.78 is 1.74. The van der Waals surface area contributed by atoms with E-state index in [4.69, 9.17) is 0 Å². The van der Waals surface area contributed by atoms with Crippen LogP contribution in [0, 0.1) is 17.0 Å². The molecule has 0 saturated carbocycles. The van der Waals surface area contributed by atoms with Crippen LogP contribution in [0.25, 0.3) is 0 Å². The van der Waals surface area contributed by atoms with Gasteiger partial charge in [0, 0.05) is 19.6 Å². The first-order valence-electron chi connectivity index (χ1n) is 7.21. The summed E-state index contributed by atoms with van der Waals surface area (Å²) >= 11 is 0. The van der Waals surface area contributed by atoms with E-state index in [1.807, 2.05) is 14.0 Å². The van der Waals surface area contributed by atoms with Crippen LogP contribution < -0.4 is 10.2 Å². The number of nitrogens with one attached hydrogen (secondary N) is 1. The topological polar surface area (TPSA) is 76.2 Å². The van der Waals surface area contributed by atoms with Gasteiger partial charge in [0.2, 0.25) is 5.82 Å². The number of aromatic nitrogens is 2. The SMILES string of the molecule is CCn1nc(C)c([N+](=O)[O-])c1N(C)C1CCCNCC1. The third kappa shape index (κ3) is 2.77. The third-order valence-electron chi connectivity index (χ3n) is 3.98. The van der Waals surface area contributed by atoms with Crippen molar-refractivity contribution in [2.45, 2.75) is 45.7 Å². The largest absolute Gasteiger partial charge is 0.351 e. The van der Waals surface area contributed by atoms with Gasteiger partial charge in [-0.2, -0.15) is 5.10 Å². The molecule has 1 aromatic rings. The van der Waals surface area contributed by atoms with E-state index in [0.29, 0.717) is 24.1 Å². The summed E-state index contributed by atoms with van der Waals surface area (Å²) in [7, 11) is 1.95. The first kappa shape index (κ1) is 14.8. The molecular weight excluding hydrogens is 258 g/mol. The van der Waals surface area contributed by atoms with E-state index < -0.39 is 0 Å². The maximum absolute atomic E-state index is 11.3. The van der Waals surface area contributed by atoms with Crippen molar-refractivity contribution in [2.24, 2.45) is 0 Å². The third-order valence-corrected chi connectivity index (χ3v) is 3.98. The van der Waals surface area contributed by atoms with Crippen molar-refractivity contribution in [1.82, 2.24) is 15.1 Å². The standard InChI is InChI=1S/C13H23N5O2/c1-4-17-13(12(18(19)20)10(2)15-17)16(3)11-6-5-8-14-9-7-11/h11,14H,4-9H2,1-3H3. The average molecular weight is 281 g/mol. The van der Waals surface area contributed by atoms with Gasteiger partial charge in [0.15, 0.2) is 0 Å². The molecule has 1 aromatic heterocycles. The molecule has 0 radical (unpaired) electrons. The van der Waals surface area contributed by atoms with E-state index in [9.17, 15) is 10.1 Å². The van der Waals surface area contributed by atoms with Crippen LogP contribution in [-0.2, 0) is 6.54 Å². The van der Waals surface area contributed by atoms with E-state index in [1.165, 1.54) is 0 Å². The van der Waals surface area contributed by atoms with Crippen LogP contribution in [0.1, 0.15) is 31.9 Å². The van der Waals surface area contributed by atoms with Crippen LogP contribution in [0.3, 0.4) is 0 Å². The number of nitro groups is 1. The number of aryl methyl sites for hydroxylation is 2. The zero-order chi connectivity index (χ0) is 14.7. The first-order valence-corrected chi connectivity index (χ1v) is 7.21. The van der Waals surface area contributed by atoms with Gasteiger partial charge in [-0.05, 0) is 46.2 Å². The van der Waals surface area contributed by atoms with E-state index in [0.717, 1.165) is 32.4 Å². The second-order valence-corrected chi connectivity index (χ2v) is 5.28. The second kappa shape index (κ2) is 6.21. The fourth-order valence-corrected chi connectivity index (χ4v) is 2.90. The van der Waals surface area contributed by atoms with Crippen molar-refractivity contribution in [1.29, 1.82) is 0 Å². The maximum Gasteiger partial charge on any atom is 0.333 e. The Morgan fingerprint density at radius 3 is 2.90 bits per heavy atom. The quantitative estimate of drug-likeness (QED) is 0.671. The van der Waals surface area contributed by atoms with Crippen molar-refractivity contribution in [3.63, 3.8) is 0 Å². The molecule has 2 rings (SSSR count). The fourth-order valence-electron chi connectivity index (χ4n) is 2.90. The molecule has 1 fully saturated rings. The van der Waals surface area contributed by atoms with Crippen molar-refractivity contribution in [2.75, 3.05) is 25.0 Å². The summed E-state index contributed by atoms with van der Waals surface area (Å²) in [4.78, 5) is 13.1. The van der Waals surface area contributed by atoms with E-state index in [1.54, 1.807) is 11.6 Å². The van der Waals surface area contributed by atoms with Gasteiger partial charge in [-0.3, -0.25) is 10.1 Å². The lowest BCUT2D eigenvalue weighted by molar-refractivity contribution is -0.384. The fraction of sp³-hybridized carbons (Fsp3) is 0.769. The van der Waals surface area contributed by atoms with Gasteiger partial charge in [-0.1, -0.05) is 0 Å². The lowest BCUT2D eigenvalue weighted by Gasteiger charge is -2.28. The zero-order valence-electron chi connectivity index (χ0n) is 12.4. The molecule has 0 bridgehead atoms. The maximum atomic E-state index is 11.3. The summed E-state index contributed by atoms with van der Waals surface area (Å²) in [6, 6.07) is 0.324. The average Bonchev–Trinajstić information content (AvgIpc) is 2.60. The second-order valence-electron chi connectivity index (χ2n) is 5.28. The highest BCUT2D eigenvalue weighted by Crippen LogP contribution is 2.33. The summed E-state index contributed by atoms with van der Waals surface area (Å²) in [5.74, 6) is 0.641. The molecule has 1 atom stereocenters. The molecule has 1 unspecified atom stereocenters. The van der Waals surface area contributed by atoms with Crippen LogP contribution in [0.2, 0.25) is 0 Å². The summed E-state index contributed by atoms with van der Waals surface area (Å²) in [6.07, 6.45) is 3.15. The molecule has 7 nitrogen and oxygen atoms in total. The van der Waals surface area contributed by atoms with Crippen LogP contribution in [0.4, 0.5) is 11.5 Å². The number of anilines is 1. The summed E-state index contributed by atoms with van der Waals surface area (Å²) in [5, 5.41) is 19.0. The van der Waals surface area contributed by atoms with Gasteiger partial charge < -0.3 is 10.2 Å². The molecule has 1 saturated heterocycles. The van der Waals surface area contributed by atoms with Gasteiger partial charge in [-0.25, -0.2) is 4.68 Å². The molecule has 0 aliphatic carbocycles. The van der Waals surface area contributed by atoms with Crippen molar-refractivity contribution < 1.29 is 4.92 Å². The van der Waals surface area contributed by atoms with Crippen LogP contribution in [0.5, 0.6) is 0 Å². The van der Waals surface area contributed by atoms with Gasteiger partial charge >= 0.3 is 5.69 Å². The molecule has 20 heavy (non-hydrogen) atoms. The van der Waals surface area contributed by atoms with Crippen LogP contribution >= 0.6 is 0 Å². The molecular formula is C13H23N5O2. The number of hydrogen-bond donors (Lipinski definition) is 1. The minimum absolute atomic E-state index is 0.145. The molecule has 1 aliphatic heterocycles. The van der Waals surface area contributed by atoms with E-state index in [2.05, 4.69) is 15.3 Å². The molecule has 0 spiro atoms. The molecule has 1 aliphatic rings. The van der Waals surface area contributed by atoms with Gasteiger partial charge in [0.1, 0.15) is 5.69 Å². The lowest BCUT2D eigenvalue weighted by Crippen LogP contribution is -2.34. The highest BCUT2D eigenvalue weighted by atomic mass is 16.6. The molecule has 0 amide bonds. The van der Waals surface area contributed by atoms with Crippen molar-refractivity contribution in [3.8, 4) is 0 Å². The summed E-state index contributed by atoms with van der Waals surface area (Å²) in [6.45, 7) is 6.29. The van der Waals surface area contributed by atoms with Gasteiger partial charge in [-0.15, -0.1) is 0 Å². The van der Waals surface area contributed by atoms with Crippen molar-refractivity contribution in [3.05, 3.63) is 15.8 Å². The number of nitrogens with zero attached hydrogens (tertiary/aromatic N) is 4. The van der Waals surface area contributed by atoms with Crippen molar-refractivity contribution >= 4 is 11.5 Å². The Bertz CT molecular complexity index is 477. The minimum atomic E-state index is -0.310. The van der Waals surface area contributed by atoms with Crippen LogP contribution in [-0.4, -0.2) is 40.9 Å². The molecule has 0 aromatic carbocycles. The normalized spacial score (nSPS) is 19.6. The van der Waals surface area contributed by atoms with Crippen LogP contribution in [0.15, 0.2) is 0 Å². The molecule has 7 heteroatoms. The lowest BCUT2D eigenvalue weighted by atomic mass is 10.1. The molecule has 2 heterocycles. The Morgan fingerprint density at radius 2 is 2.25 bits per heavy atom. The minimum Gasteiger partial charge on any atom is -0.351 e. The predicted octanol–water partition coefficient (Wildman–Crippen LogP) is 1.70. The smallest absolute Gasteiger partial charge is 0.333 e. The number of hydrogen-bond acceptors (Lipinski definition) is 5. The number of rotatable bonds is 4. The highest BCUT2D eigenvalue weighted by Gasteiger charge is 2.30. The Hall–Kier alpha value is -1.63. The molecule has 1 N–H and O–H groups in total. The van der Waals surface area contributed by atoms with E-state index >= 15 is 0 Å².